The van der Waals surface area contributed by atoms with Gasteiger partial charge in [0, 0.05) is 17.0 Å². The van der Waals surface area contributed by atoms with Gasteiger partial charge in [-0.2, -0.15) is 0 Å². The van der Waals surface area contributed by atoms with Gasteiger partial charge in [0.15, 0.2) is 5.78 Å². The van der Waals surface area contributed by atoms with Crippen LogP contribution in [0.25, 0.3) is 10.9 Å². The molecule has 0 aliphatic carbocycles. The van der Waals surface area contributed by atoms with E-state index < -0.39 is 0 Å². The third-order valence-electron chi connectivity index (χ3n) is 3.15. The Bertz CT molecular complexity index is 777. The highest BCUT2D eigenvalue weighted by Gasteiger charge is 2.12. The Balaban J connectivity index is 1.73. The number of hydrogen-bond donors (Lipinski definition) is 3. The summed E-state index contributed by atoms with van der Waals surface area (Å²) >= 11 is 1.38. The van der Waals surface area contributed by atoms with Gasteiger partial charge in [-0.1, -0.05) is 18.2 Å². The number of aromatic nitrogens is 1. The molecule has 0 spiro atoms. The quantitative estimate of drug-likeness (QED) is 0.509. The molecule has 0 radical (unpaired) electrons. The molecule has 21 heavy (non-hydrogen) atoms. The third-order valence-corrected chi connectivity index (χ3v) is 4.08. The number of H-pyrrole nitrogens is 1. The number of ketones is 1. The second-order valence-electron chi connectivity index (χ2n) is 4.63. The molecule has 5 heteroatoms. The highest BCUT2D eigenvalue weighted by Crippen LogP contribution is 2.27. The van der Waals surface area contributed by atoms with Crippen LogP contribution < -0.4 is 0 Å². The van der Waals surface area contributed by atoms with Crippen LogP contribution in [0, 0.1) is 0 Å². The van der Waals surface area contributed by atoms with Crippen molar-refractivity contribution in [2.24, 2.45) is 0 Å². The Morgan fingerprint density at radius 3 is 2.67 bits per heavy atom. The molecule has 0 fully saturated rings. The van der Waals surface area contributed by atoms with Gasteiger partial charge in [0.05, 0.1) is 16.3 Å². The summed E-state index contributed by atoms with van der Waals surface area (Å²) in [6.45, 7) is 0. The maximum absolute atomic E-state index is 12.1. The summed E-state index contributed by atoms with van der Waals surface area (Å²) in [4.78, 5) is 15.3. The summed E-state index contributed by atoms with van der Waals surface area (Å²) in [5, 5.41) is 20.9. The predicted octanol–water partition coefficient (Wildman–Crippen LogP) is 3.55. The van der Waals surface area contributed by atoms with Crippen LogP contribution in [0.4, 0.5) is 0 Å². The summed E-state index contributed by atoms with van der Waals surface area (Å²) in [5.74, 6) is -0.230. The number of carbonyl (C=O) groups is 1. The molecule has 106 valence electrons. The lowest BCUT2D eigenvalue weighted by Gasteiger charge is -2.03. The number of thioether (sulfide) groups is 1. The number of rotatable bonds is 4. The van der Waals surface area contributed by atoms with Gasteiger partial charge >= 0.3 is 0 Å². The number of para-hydroxylation sites is 1. The fourth-order valence-electron chi connectivity index (χ4n) is 2.10. The third kappa shape index (κ3) is 2.87. The average molecular weight is 299 g/mol. The topological polar surface area (TPSA) is 73.3 Å². The second-order valence-corrected chi connectivity index (χ2v) is 5.65. The van der Waals surface area contributed by atoms with Crippen LogP contribution in [0.2, 0.25) is 0 Å². The molecular weight excluding hydrogens is 286 g/mol. The lowest BCUT2D eigenvalue weighted by molar-refractivity contribution is 0.102. The maximum atomic E-state index is 12.1. The molecule has 0 aliphatic heterocycles. The maximum Gasteiger partial charge on any atom is 0.176 e. The highest BCUT2D eigenvalue weighted by atomic mass is 32.2. The van der Waals surface area contributed by atoms with E-state index in [-0.39, 0.29) is 28.6 Å². The van der Waals surface area contributed by atoms with E-state index >= 15 is 0 Å². The number of benzene rings is 2. The Kier molecular flexibility index (Phi) is 3.58. The normalized spacial score (nSPS) is 10.9. The number of aromatic hydroxyl groups is 2. The number of aromatic amines is 1. The molecule has 1 heterocycles. The van der Waals surface area contributed by atoms with Gasteiger partial charge in [-0.3, -0.25) is 4.79 Å². The number of carbonyl (C=O) groups excluding carboxylic acids is 1. The fourth-order valence-corrected chi connectivity index (χ4v) is 2.94. The summed E-state index contributed by atoms with van der Waals surface area (Å²) in [6.07, 6.45) is 0. The first-order valence-electron chi connectivity index (χ1n) is 6.39. The Morgan fingerprint density at radius 2 is 1.90 bits per heavy atom. The Morgan fingerprint density at radius 1 is 1.10 bits per heavy atom. The SMILES string of the molecule is O=C(CSc1cc2ccccc2[nH]1)c1ccc(O)cc1O. The summed E-state index contributed by atoms with van der Waals surface area (Å²) in [6, 6.07) is 13.9. The molecule has 3 rings (SSSR count). The molecule has 4 nitrogen and oxygen atoms in total. The van der Waals surface area contributed by atoms with Gasteiger partial charge in [0.25, 0.3) is 0 Å². The van der Waals surface area contributed by atoms with Crippen LogP contribution >= 0.6 is 11.8 Å². The molecule has 0 atom stereocenters. The first-order valence-corrected chi connectivity index (χ1v) is 7.38. The minimum atomic E-state index is -0.197. The second kappa shape index (κ2) is 5.54. The molecule has 0 amide bonds. The van der Waals surface area contributed by atoms with Crippen molar-refractivity contribution in [2.75, 3.05) is 5.75 Å². The summed E-state index contributed by atoms with van der Waals surface area (Å²) in [5.41, 5.74) is 1.25. The van der Waals surface area contributed by atoms with Crippen LogP contribution in [0.3, 0.4) is 0 Å². The predicted molar refractivity (Wildman–Crippen MR) is 83.1 cm³/mol. The van der Waals surface area contributed by atoms with E-state index in [1.165, 1.54) is 30.0 Å². The number of phenolic OH excluding ortho intramolecular Hbond substituents is 2. The monoisotopic (exact) mass is 299 g/mol. The summed E-state index contributed by atoms with van der Waals surface area (Å²) in [7, 11) is 0. The van der Waals surface area contributed by atoms with Crippen molar-refractivity contribution in [1.82, 2.24) is 4.98 Å². The fraction of sp³-hybridized carbons (Fsp3) is 0.0625. The van der Waals surface area contributed by atoms with Crippen LogP contribution in [0.15, 0.2) is 53.6 Å². The standard InChI is InChI=1S/C16H13NO3S/c18-11-5-6-12(14(19)8-11)15(20)9-21-16-7-10-3-1-2-4-13(10)17-16/h1-8,17-19H,9H2. The van der Waals surface area contributed by atoms with Crippen LogP contribution in [0.1, 0.15) is 10.4 Å². The number of Topliss-reactive ketones (excluding diaryl/α,β-unsaturated/α-hetero) is 1. The number of phenols is 2. The number of hydrogen-bond acceptors (Lipinski definition) is 4. The zero-order chi connectivity index (χ0) is 14.8. The molecule has 0 unspecified atom stereocenters. The van der Waals surface area contributed by atoms with Crippen molar-refractivity contribution in [3.63, 3.8) is 0 Å². The summed E-state index contributed by atoms with van der Waals surface area (Å²) < 4.78 is 0. The van der Waals surface area contributed by atoms with E-state index in [9.17, 15) is 15.0 Å². The van der Waals surface area contributed by atoms with Crippen LogP contribution in [-0.2, 0) is 0 Å². The first kappa shape index (κ1) is 13.6. The minimum absolute atomic E-state index is 0.0627. The van der Waals surface area contributed by atoms with Crippen molar-refractivity contribution in [3.05, 3.63) is 54.1 Å². The van der Waals surface area contributed by atoms with Gasteiger partial charge in [-0.25, -0.2) is 0 Å². The van der Waals surface area contributed by atoms with Crippen molar-refractivity contribution in [3.8, 4) is 11.5 Å². The molecule has 1 aromatic heterocycles. The molecule has 2 aromatic carbocycles. The van der Waals surface area contributed by atoms with Crippen LogP contribution in [0.5, 0.6) is 11.5 Å². The lowest BCUT2D eigenvalue weighted by Crippen LogP contribution is -2.02. The zero-order valence-electron chi connectivity index (χ0n) is 11.0. The molecular formula is C16H13NO3S. The van der Waals surface area contributed by atoms with Gasteiger partial charge in [0.1, 0.15) is 11.5 Å². The van der Waals surface area contributed by atoms with E-state index in [4.69, 9.17) is 0 Å². The number of nitrogens with one attached hydrogen (secondary N) is 1. The van der Waals surface area contributed by atoms with Crippen molar-refractivity contribution < 1.29 is 15.0 Å². The largest absolute Gasteiger partial charge is 0.508 e. The Labute approximate surface area is 125 Å². The van der Waals surface area contributed by atoms with E-state index in [0.29, 0.717) is 0 Å². The van der Waals surface area contributed by atoms with Crippen molar-refractivity contribution in [2.45, 2.75) is 5.03 Å². The van der Waals surface area contributed by atoms with E-state index in [1.807, 2.05) is 30.3 Å². The first-order chi connectivity index (χ1) is 10.1. The lowest BCUT2D eigenvalue weighted by atomic mass is 10.1. The van der Waals surface area contributed by atoms with Crippen LogP contribution in [-0.4, -0.2) is 26.7 Å². The van der Waals surface area contributed by atoms with Crippen molar-refractivity contribution >= 4 is 28.4 Å². The molecule has 0 bridgehead atoms. The van der Waals surface area contributed by atoms with Gasteiger partial charge < -0.3 is 15.2 Å². The highest BCUT2D eigenvalue weighted by molar-refractivity contribution is 8.00. The molecule has 3 aromatic rings. The molecule has 0 saturated heterocycles. The van der Waals surface area contributed by atoms with Gasteiger partial charge in [-0.05, 0) is 24.3 Å². The van der Waals surface area contributed by atoms with E-state index in [0.717, 1.165) is 15.9 Å². The van der Waals surface area contributed by atoms with E-state index in [1.54, 1.807) is 0 Å². The van der Waals surface area contributed by atoms with E-state index in [2.05, 4.69) is 4.98 Å². The smallest absolute Gasteiger partial charge is 0.176 e. The molecule has 0 aliphatic rings. The number of fused-ring (bicyclic) bond motifs is 1. The van der Waals surface area contributed by atoms with Crippen molar-refractivity contribution in [1.29, 1.82) is 0 Å². The molecule has 0 saturated carbocycles. The van der Waals surface area contributed by atoms with Gasteiger partial charge in [-0.15, -0.1) is 11.8 Å². The average Bonchev–Trinajstić information content (AvgIpc) is 2.87. The zero-order valence-corrected chi connectivity index (χ0v) is 11.9. The minimum Gasteiger partial charge on any atom is -0.508 e. The Hall–Kier alpha value is -2.40. The molecule has 3 N–H and O–H groups in total. The van der Waals surface area contributed by atoms with Gasteiger partial charge in [0.2, 0.25) is 0 Å².